The van der Waals surface area contributed by atoms with Gasteiger partial charge in [0.1, 0.15) is 5.76 Å². The topological polar surface area (TPSA) is 49.3 Å². The Morgan fingerprint density at radius 1 is 1.70 bits per heavy atom. The second-order valence-corrected chi connectivity index (χ2v) is 2.80. The maximum atomic E-state index is 10.6. The van der Waals surface area contributed by atoms with Crippen LogP contribution in [-0.2, 0) is 4.79 Å². The third-order valence-corrected chi connectivity index (χ3v) is 1.56. The van der Waals surface area contributed by atoms with E-state index in [1.165, 1.54) is 6.08 Å². The summed E-state index contributed by atoms with van der Waals surface area (Å²) < 4.78 is 0. The van der Waals surface area contributed by atoms with Crippen molar-refractivity contribution >= 4 is 5.91 Å². The van der Waals surface area contributed by atoms with E-state index in [1.54, 1.807) is 0 Å². The van der Waals surface area contributed by atoms with Crippen LogP contribution in [0.3, 0.4) is 0 Å². The average Bonchev–Trinajstić information content (AvgIpc) is 2.10. The Bertz CT molecular complexity index is 184. The molecule has 1 rings (SSSR count). The predicted molar refractivity (Wildman–Crippen MR) is 37.5 cm³/mol. The molecule has 3 nitrogen and oxygen atoms in total. The summed E-state index contributed by atoms with van der Waals surface area (Å²) in [5.74, 6) is 0.207. The maximum Gasteiger partial charge on any atom is 0.248 e. The highest BCUT2D eigenvalue weighted by Crippen LogP contribution is 2.13. The fourth-order valence-electron chi connectivity index (χ4n) is 1.00. The number of amides is 1. The highest BCUT2D eigenvalue weighted by molar-refractivity contribution is 5.91. The lowest BCUT2D eigenvalue weighted by Crippen LogP contribution is -2.32. The van der Waals surface area contributed by atoms with Crippen LogP contribution in [0.4, 0.5) is 0 Å². The molecule has 1 atom stereocenters. The van der Waals surface area contributed by atoms with Gasteiger partial charge in [-0.25, -0.2) is 0 Å². The monoisotopic (exact) mass is 141 g/mol. The Balaban J connectivity index is 2.68. The minimum Gasteiger partial charge on any atom is -0.510 e. The lowest BCUT2D eigenvalue weighted by molar-refractivity contribution is -0.116. The van der Waals surface area contributed by atoms with E-state index in [0.717, 1.165) is 0 Å². The van der Waals surface area contributed by atoms with Gasteiger partial charge >= 0.3 is 0 Å². The number of rotatable bonds is 1. The zero-order valence-corrected chi connectivity index (χ0v) is 6.09. The van der Waals surface area contributed by atoms with E-state index in [0.29, 0.717) is 0 Å². The van der Waals surface area contributed by atoms with Gasteiger partial charge in [-0.05, 0) is 5.92 Å². The van der Waals surface area contributed by atoms with Crippen molar-refractivity contribution in [1.82, 2.24) is 5.32 Å². The van der Waals surface area contributed by atoms with E-state index in [2.05, 4.69) is 5.32 Å². The molecule has 10 heavy (non-hydrogen) atoms. The molecule has 0 aromatic heterocycles. The minimum absolute atomic E-state index is 0.153. The molecule has 0 spiro atoms. The number of aliphatic hydroxyl groups is 1. The molecule has 3 heteroatoms. The smallest absolute Gasteiger partial charge is 0.248 e. The zero-order valence-electron chi connectivity index (χ0n) is 6.09. The van der Waals surface area contributed by atoms with Crippen LogP contribution in [0, 0.1) is 5.92 Å². The van der Waals surface area contributed by atoms with Crippen LogP contribution in [-0.4, -0.2) is 17.1 Å². The van der Waals surface area contributed by atoms with Gasteiger partial charge in [-0.3, -0.25) is 4.79 Å². The third kappa shape index (κ3) is 1.12. The highest BCUT2D eigenvalue weighted by Gasteiger charge is 2.25. The number of hydrogen-bond donors (Lipinski definition) is 2. The van der Waals surface area contributed by atoms with Gasteiger partial charge in [0.2, 0.25) is 5.91 Å². The molecule has 0 unspecified atom stereocenters. The Morgan fingerprint density at radius 2 is 2.30 bits per heavy atom. The second-order valence-electron chi connectivity index (χ2n) is 2.80. The molecule has 1 heterocycles. The van der Waals surface area contributed by atoms with Crippen molar-refractivity contribution in [3.05, 3.63) is 11.8 Å². The quantitative estimate of drug-likeness (QED) is 0.561. The van der Waals surface area contributed by atoms with E-state index in [1.807, 2.05) is 13.8 Å². The summed E-state index contributed by atoms with van der Waals surface area (Å²) >= 11 is 0. The molecule has 0 saturated carbocycles. The van der Waals surface area contributed by atoms with E-state index in [-0.39, 0.29) is 23.6 Å². The van der Waals surface area contributed by atoms with Gasteiger partial charge in [0.25, 0.3) is 0 Å². The molecule has 1 aliphatic heterocycles. The molecule has 0 fully saturated rings. The van der Waals surface area contributed by atoms with E-state index in [4.69, 9.17) is 5.11 Å². The number of hydrogen-bond acceptors (Lipinski definition) is 2. The number of carbonyl (C=O) groups is 1. The molecule has 0 aromatic rings. The van der Waals surface area contributed by atoms with Crippen molar-refractivity contribution in [1.29, 1.82) is 0 Å². The van der Waals surface area contributed by atoms with Crippen molar-refractivity contribution in [3.63, 3.8) is 0 Å². The third-order valence-electron chi connectivity index (χ3n) is 1.56. The lowest BCUT2D eigenvalue weighted by Gasteiger charge is -2.14. The van der Waals surface area contributed by atoms with Gasteiger partial charge in [0.05, 0.1) is 6.04 Å². The molecule has 0 bridgehead atoms. The normalized spacial score (nSPS) is 24.9. The first-order chi connectivity index (χ1) is 4.61. The van der Waals surface area contributed by atoms with Crippen LogP contribution >= 0.6 is 0 Å². The van der Waals surface area contributed by atoms with Crippen LogP contribution in [0.5, 0.6) is 0 Å². The molecule has 0 aliphatic carbocycles. The molecule has 1 amide bonds. The average molecular weight is 141 g/mol. The molecule has 0 aromatic carbocycles. The van der Waals surface area contributed by atoms with Crippen molar-refractivity contribution in [2.45, 2.75) is 19.9 Å². The van der Waals surface area contributed by atoms with Gasteiger partial charge in [0.15, 0.2) is 0 Å². The van der Waals surface area contributed by atoms with E-state index >= 15 is 0 Å². The number of carbonyl (C=O) groups excluding carboxylic acids is 1. The Hall–Kier alpha value is -0.990. The Morgan fingerprint density at radius 3 is 2.50 bits per heavy atom. The van der Waals surface area contributed by atoms with Crippen LogP contribution < -0.4 is 5.32 Å². The van der Waals surface area contributed by atoms with Crippen molar-refractivity contribution in [3.8, 4) is 0 Å². The summed E-state index contributed by atoms with van der Waals surface area (Å²) in [6.07, 6.45) is 1.23. The number of nitrogens with one attached hydrogen (secondary N) is 1. The zero-order chi connectivity index (χ0) is 7.72. The SMILES string of the molecule is CC(C)[C@@H]1NC(=O)C=C1O. The summed E-state index contributed by atoms with van der Waals surface area (Å²) in [4.78, 5) is 10.6. The van der Waals surface area contributed by atoms with Gasteiger partial charge < -0.3 is 10.4 Å². The highest BCUT2D eigenvalue weighted by atomic mass is 16.3. The van der Waals surface area contributed by atoms with Gasteiger partial charge in [-0.1, -0.05) is 13.8 Å². The summed E-state index contributed by atoms with van der Waals surface area (Å²) in [6.45, 7) is 3.89. The minimum atomic E-state index is -0.198. The van der Waals surface area contributed by atoms with Gasteiger partial charge in [-0.15, -0.1) is 0 Å². The van der Waals surface area contributed by atoms with Crippen LogP contribution in [0.2, 0.25) is 0 Å². The Labute approximate surface area is 59.7 Å². The van der Waals surface area contributed by atoms with E-state index < -0.39 is 0 Å². The summed E-state index contributed by atoms with van der Waals surface area (Å²) in [6, 6.07) is -0.174. The van der Waals surface area contributed by atoms with Crippen LogP contribution in [0.25, 0.3) is 0 Å². The Kier molecular flexibility index (Phi) is 1.66. The maximum absolute atomic E-state index is 10.6. The second kappa shape index (κ2) is 2.33. The van der Waals surface area contributed by atoms with E-state index in [9.17, 15) is 4.79 Å². The summed E-state index contributed by atoms with van der Waals surface area (Å²) in [5, 5.41) is 11.7. The van der Waals surface area contributed by atoms with Crippen molar-refractivity contribution in [2.75, 3.05) is 0 Å². The molecular formula is C7H11NO2. The van der Waals surface area contributed by atoms with Crippen LogP contribution in [0.15, 0.2) is 11.8 Å². The lowest BCUT2D eigenvalue weighted by atomic mass is 10.0. The fourth-order valence-corrected chi connectivity index (χ4v) is 1.00. The predicted octanol–water partition coefficient (Wildman–Crippen LogP) is 0.583. The molecule has 0 saturated heterocycles. The summed E-state index contributed by atoms with van der Waals surface area (Å²) in [7, 11) is 0. The van der Waals surface area contributed by atoms with Gasteiger partial charge in [-0.2, -0.15) is 0 Å². The molecular weight excluding hydrogens is 130 g/mol. The first-order valence-electron chi connectivity index (χ1n) is 3.32. The van der Waals surface area contributed by atoms with Gasteiger partial charge in [0, 0.05) is 6.08 Å². The van der Waals surface area contributed by atoms with Crippen molar-refractivity contribution < 1.29 is 9.90 Å². The standard InChI is InChI=1S/C7H11NO2/c1-4(2)7-5(9)3-6(10)8-7/h3-4,7,9H,1-2H3,(H,8,10)/t7-/m0/s1. The molecule has 2 N–H and O–H groups in total. The summed E-state index contributed by atoms with van der Waals surface area (Å²) in [5.41, 5.74) is 0. The van der Waals surface area contributed by atoms with Crippen LogP contribution in [0.1, 0.15) is 13.8 Å². The molecule has 1 aliphatic rings. The largest absolute Gasteiger partial charge is 0.510 e. The van der Waals surface area contributed by atoms with Crippen molar-refractivity contribution in [2.24, 2.45) is 5.92 Å². The first-order valence-corrected chi connectivity index (χ1v) is 3.32. The first kappa shape index (κ1) is 7.12. The molecule has 0 radical (unpaired) electrons. The molecule has 56 valence electrons. The fraction of sp³-hybridized carbons (Fsp3) is 0.571. The number of aliphatic hydroxyl groups excluding tert-OH is 1.